The largest absolute Gasteiger partial charge is 0.444 e. The zero-order chi connectivity index (χ0) is 25.2. The van der Waals surface area contributed by atoms with Crippen molar-refractivity contribution >= 4 is 29.3 Å². The van der Waals surface area contributed by atoms with Crippen LogP contribution in [0.15, 0.2) is 24.3 Å². The van der Waals surface area contributed by atoms with Crippen molar-refractivity contribution in [1.82, 2.24) is 5.32 Å². The summed E-state index contributed by atoms with van der Waals surface area (Å²) in [7, 11) is 0. The molecule has 182 valence electrons. The second-order valence-electron chi connectivity index (χ2n) is 9.65. The lowest BCUT2D eigenvalue weighted by Crippen LogP contribution is -2.44. The highest BCUT2D eigenvalue weighted by Crippen LogP contribution is 2.32. The van der Waals surface area contributed by atoms with Gasteiger partial charge in [0.1, 0.15) is 11.4 Å². The van der Waals surface area contributed by atoms with Crippen LogP contribution in [0.25, 0.3) is 0 Å². The third-order valence-electron chi connectivity index (χ3n) is 5.66. The predicted molar refractivity (Wildman–Crippen MR) is 131 cm³/mol. The van der Waals surface area contributed by atoms with E-state index in [1.165, 1.54) is 6.92 Å². The summed E-state index contributed by atoms with van der Waals surface area (Å²) < 4.78 is 10.6. The van der Waals surface area contributed by atoms with Crippen molar-refractivity contribution in [1.29, 1.82) is 0 Å². The smallest absolute Gasteiger partial charge is 0.412 e. The molecule has 1 atom stereocenters. The molecule has 0 radical (unpaired) electrons. The van der Waals surface area contributed by atoms with Gasteiger partial charge in [0.15, 0.2) is 0 Å². The summed E-state index contributed by atoms with van der Waals surface area (Å²) in [5, 5.41) is 9.04. The maximum Gasteiger partial charge on any atom is 0.412 e. The quantitative estimate of drug-likeness (QED) is 0.450. The number of fused-ring (bicyclic) bond motifs is 1. The van der Waals surface area contributed by atoms with Crippen LogP contribution in [0.5, 0.6) is 5.75 Å². The molecule has 1 aliphatic heterocycles. The highest BCUT2D eigenvalue weighted by molar-refractivity contribution is 5.96. The van der Waals surface area contributed by atoms with Crippen LogP contribution in [0.3, 0.4) is 0 Å². The van der Waals surface area contributed by atoms with Crippen LogP contribution in [0.4, 0.5) is 16.2 Å². The van der Waals surface area contributed by atoms with Crippen molar-refractivity contribution < 1.29 is 23.9 Å². The number of ether oxygens (including phenoxy) is 2. The van der Waals surface area contributed by atoms with Crippen LogP contribution < -0.4 is 20.7 Å². The average molecular weight is 468 g/mol. The summed E-state index contributed by atoms with van der Waals surface area (Å²) in [6.07, 6.45) is 0.0188. The Labute approximate surface area is 200 Å². The SMILES string of the molecule is CC(=O)Oc1c(C)cc(NC(=O)[C@@H]2Cc3ccc(NC(=O)OC(C)(C)C)cc3CN2)c(C)c1C. The molecule has 3 rings (SSSR count). The van der Waals surface area contributed by atoms with Gasteiger partial charge in [0.05, 0.1) is 6.04 Å². The van der Waals surface area contributed by atoms with Gasteiger partial charge in [-0.2, -0.15) is 0 Å². The van der Waals surface area contributed by atoms with Crippen LogP contribution in [0.2, 0.25) is 0 Å². The van der Waals surface area contributed by atoms with Crippen LogP contribution in [-0.2, 0) is 27.3 Å². The standard InChI is InChI=1S/C26H33N3O5/c1-14-10-21(15(2)16(3)23(14)33-17(4)30)29-24(31)22-12-18-8-9-20(11-19(18)13-27-22)28-25(32)34-26(5,6)7/h8-11,22,27H,12-13H2,1-7H3,(H,28,32)(H,29,31)/t22-/m0/s1. The number of amides is 2. The number of esters is 1. The van der Waals surface area contributed by atoms with Crippen LogP contribution in [-0.4, -0.2) is 29.6 Å². The molecule has 34 heavy (non-hydrogen) atoms. The molecule has 0 spiro atoms. The molecule has 0 saturated heterocycles. The van der Waals surface area contributed by atoms with E-state index >= 15 is 0 Å². The molecule has 1 aliphatic rings. The Kier molecular flexibility index (Phi) is 7.31. The first-order valence-corrected chi connectivity index (χ1v) is 11.3. The van der Waals surface area contributed by atoms with E-state index in [2.05, 4.69) is 16.0 Å². The van der Waals surface area contributed by atoms with E-state index < -0.39 is 17.7 Å². The van der Waals surface area contributed by atoms with Crippen molar-refractivity contribution in [2.75, 3.05) is 10.6 Å². The summed E-state index contributed by atoms with van der Waals surface area (Å²) in [5.41, 5.74) is 5.28. The van der Waals surface area contributed by atoms with Gasteiger partial charge >= 0.3 is 12.1 Å². The van der Waals surface area contributed by atoms with Crippen LogP contribution in [0.1, 0.15) is 55.5 Å². The minimum Gasteiger partial charge on any atom is -0.444 e. The minimum atomic E-state index is -0.573. The van der Waals surface area contributed by atoms with Gasteiger partial charge in [-0.25, -0.2) is 4.79 Å². The maximum atomic E-state index is 13.0. The number of aryl methyl sites for hydroxylation is 1. The van der Waals surface area contributed by atoms with E-state index in [0.717, 1.165) is 27.8 Å². The normalized spacial score (nSPS) is 15.2. The van der Waals surface area contributed by atoms with E-state index in [9.17, 15) is 14.4 Å². The molecular formula is C26H33N3O5. The monoisotopic (exact) mass is 467 g/mol. The van der Waals surface area contributed by atoms with Gasteiger partial charge in [-0.3, -0.25) is 14.9 Å². The lowest BCUT2D eigenvalue weighted by atomic mass is 9.94. The summed E-state index contributed by atoms with van der Waals surface area (Å²) in [4.78, 5) is 36.5. The topological polar surface area (TPSA) is 106 Å². The molecule has 1 heterocycles. The number of rotatable bonds is 4. The van der Waals surface area contributed by atoms with Gasteiger partial charge in [-0.05, 0) is 94.0 Å². The Bertz CT molecular complexity index is 1130. The number of anilines is 2. The number of nitrogens with one attached hydrogen (secondary N) is 3. The van der Waals surface area contributed by atoms with Gasteiger partial charge < -0.3 is 20.1 Å². The van der Waals surface area contributed by atoms with Gasteiger partial charge in [0.2, 0.25) is 5.91 Å². The number of hydrogen-bond acceptors (Lipinski definition) is 6. The molecule has 3 N–H and O–H groups in total. The molecule has 2 aromatic rings. The molecule has 0 bridgehead atoms. The molecular weight excluding hydrogens is 434 g/mol. The molecule has 0 saturated carbocycles. The molecule has 2 amide bonds. The highest BCUT2D eigenvalue weighted by Gasteiger charge is 2.26. The Hall–Kier alpha value is -3.39. The fourth-order valence-corrected chi connectivity index (χ4v) is 3.91. The van der Waals surface area contributed by atoms with Crippen molar-refractivity contribution in [2.24, 2.45) is 0 Å². The van der Waals surface area contributed by atoms with E-state index in [0.29, 0.717) is 30.1 Å². The maximum absolute atomic E-state index is 13.0. The van der Waals surface area contributed by atoms with Crippen molar-refractivity contribution in [2.45, 2.75) is 73.1 Å². The Morgan fingerprint density at radius 1 is 1.00 bits per heavy atom. The van der Waals surface area contributed by atoms with Crippen LogP contribution >= 0.6 is 0 Å². The van der Waals surface area contributed by atoms with E-state index in [1.807, 2.05) is 65.8 Å². The van der Waals surface area contributed by atoms with Gasteiger partial charge in [0, 0.05) is 24.8 Å². The van der Waals surface area contributed by atoms with Crippen molar-refractivity contribution in [3.63, 3.8) is 0 Å². The third-order valence-corrected chi connectivity index (χ3v) is 5.66. The number of benzene rings is 2. The minimum absolute atomic E-state index is 0.135. The lowest BCUT2D eigenvalue weighted by Gasteiger charge is -2.27. The lowest BCUT2D eigenvalue weighted by molar-refractivity contribution is -0.132. The van der Waals surface area contributed by atoms with E-state index in [-0.39, 0.29) is 11.9 Å². The molecule has 8 nitrogen and oxygen atoms in total. The first-order valence-electron chi connectivity index (χ1n) is 11.3. The molecule has 2 aromatic carbocycles. The second-order valence-corrected chi connectivity index (χ2v) is 9.65. The molecule has 8 heteroatoms. The van der Waals surface area contributed by atoms with Crippen molar-refractivity contribution in [3.05, 3.63) is 52.1 Å². The van der Waals surface area contributed by atoms with Crippen molar-refractivity contribution in [3.8, 4) is 5.75 Å². The Morgan fingerprint density at radius 3 is 2.35 bits per heavy atom. The first kappa shape index (κ1) is 25.2. The van der Waals surface area contributed by atoms with E-state index in [4.69, 9.17) is 9.47 Å². The number of carbonyl (C=O) groups is 3. The number of carbonyl (C=O) groups excluding carboxylic acids is 3. The molecule has 0 unspecified atom stereocenters. The zero-order valence-electron chi connectivity index (χ0n) is 20.8. The average Bonchev–Trinajstić information content (AvgIpc) is 2.73. The third kappa shape index (κ3) is 6.14. The first-order chi connectivity index (χ1) is 15.8. The van der Waals surface area contributed by atoms with E-state index in [1.54, 1.807) is 0 Å². The molecule has 0 fully saturated rings. The Morgan fingerprint density at radius 2 is 1.71 bits per heavy atom. The summed E-state index contributed by atoms with van der Waals surface area (Å²) in [6, 6.07) is 7.06. The van der Waals surface area contributed by atoms with Crippen LogP contribution in [0, 0.1) is 20.8 Å². The summed E-state index contributed by atoms with van der Waals surface area (Å²) in [6.45, 7) is 12.9. The van der Waals surface area contributed by atoms with Gasteiger partial charge in [-0.15, -0.1) is 0 Å². The predicted octanol–water partition coefficient (Wildman–Crippen LogP) is 4.54. The zero-order valence-corrected chi connectivity index (χ0v) is 20.8. The Balaban J connectivity index is 1.68. The number of hydrogen-bond donors (Lipinski definition) is 3. The molecule has 0 aliphatic carbocycles. The van der Waals surface area contributed by atoms with Gasteiger partial charge in [0.25, 0.3) is 0 Å². The fourth-order valence-electron chi connectivity index (χ4n) is 3.91. The highest BCUT2D eigenvalue weighted by atomic mass is 16.6. The van der Waals surface area contributed by atoms with Gasteiger partial charge in [-0.1, -0.05) is 6.07 Å². The second kappa shape index (κ2) is 9.85. The molecule has 0 aromatic heterocycles. The summed E-state index contributed by atoms with van der Waals surface area (Å²) in [5.74, 6) is 0.0177. The summed E-state index contributed by atoms with van der Waals surface area (Å²) >= 11 is 0. The fraction of sp³-hybridized carbons (Fsp3) is 0.423.